The van der Waals surface area contributed by atoms with Crippen LogP contribution in [0.1, 0.15) is 0 Å². The molecule has 1 heterocycles. The molecule has 1 aliphatic rings. The lowest BCUT2D eigenvalue weighted by atomic mass is 10.2. The largest absolute Gasteiger partial charge is 0.393 e. The zero-order chi connectivity index (χ0) is 11.5. The zero-order valence-electron chi connectivity index (χ0n) is 8.60. The number of halogens is 1. The first-order valence-electron chi connectivity index (χ1n) is 5.02. The van der Waals surface area contributed by atoms with Gasteiger partial charge in [0.2, 0.25) is 0 Å². The summed E-state index contributed by atoms with van der Waals surface area (Å²) in [4.78, 5) is 13.6. The second-order valence-corrected chi connectivity index (χ2v) is 4.34. The zero-order valence-corrected chi connectivity index (χ0v) is 10.2. The minimum atomic E-state index is -0.735. The molecule has 1 unspecified atom stereocenters. The first-order valence-corrected chi connectivity index (χ1v) is 5.81. The lowest BCUT2D eigenvalue weighted by Crippen LogP contribution is -2.49. The van der Waals surface area contributed by atoms with E-state index in [0.29, 0.717) is 13.2 Å². The van der Waals surface area contributed by atoms with E-state index in [1.54, 1.807) is 4.90 Å². The summed E-state index contributed by atoms with van der Waals surface area (Å²) in [5.41, 5.74) is 0.814. The minimum Gasteiger partial charge on any atom is -0.393 e. The number of amides is 1. The quantitative estimate of drug-likeness (QED) is 0.888. The monoisotopic (exact) mass is 285 g/mol. The van der Waals surface area contributed by atoms with Gasteiger partial charge in [0.1, 0.15) is 0 Å². The normalized spacial score (nSPS) is 21.2. The fraction of sp³-hybridized carbons (Fsp3) is 0.364. The lowest BCUT2D eigenvalue weighted by Gasteiger charge is -2.32. The number of carbonyl (C=O) groups excluding carboxylic acids is 1. The van der Waals surface area contributed by atoms with Crippen molar-refractivity contribution in [3.63, 3.8) is 0 Å². The molecule has 16 heavy (non-hydrogen) atoms. The number of para-hydroxylation sites is 1. The van der Waals surface area contributed by atoms with Crippen LogP contribution in [0.4, 0.5) is 5.69 Å². The van der Waals surface area contributed by atoms with E-state index in [1.807, 2.05) is 24.3 Å². The molecular weight excluding hydrogens is 274 g/mol. The topological polar surface area (TPSA) is 49.8 Å². The van der Waals surface area contributed by atoms with Crippen LogP contribution >= 0.6 is 15.9 Å². The van der Waals surface area contributed by atoms with Crippen molar-refractivity contribution in [1.29, 1.82) is 0 Å². The molecule has 1 aromatic rings. The molecule has 4 nitrogen and oxygen atoms in total. The van der Waals surface area contributed by atoms with E-state index in [-0.39, 0.29) is 12.5 Å². The molecule has 1 aliphatic heterocycles. The van der Waals surface area contributed by atoms with Crippen molar-refractivity contribution in [2.75, 3.05) is 24.7 Å². The van der Waals surface area contributed by atoms with Gasteiger partial charge in [-0.15, -0.1) is 0 Å². The second kappa shape index (κ2) is 4.95. The van der Waals surface area contributed by atoms with Gasteiger partial charge in [-0.1, -0.05) is 12.1 Å². The number of anilines is 1. The van der Waals surface area contributed by atoms with Gasteiger partial charge in [-0.25, -0.2) is 0 Å². The van der Waals surface area contributed by atoms with Gasteiger partial charge >= 0.3 is 0 Å². The highest BCUT2D eigenvalue weighted by Crippen LogP contribution is 2.27. The molecule has 1 saturated heterocycles. The van der Waals surface area contributed by atoms with Crippen molar-refractivity contribution >= 4 is 27.5 Å². The summed E-state index contributed by atoms with van der Waals surface area (Å²) in [5.74, 6) is -0.194. The van der Waals surface area contributed by atoms with Gasteiger partial charge in [0, 0.05) is 11.0 Å². The highest BCUT2D eigenvalue weighted by atomic mass is 79.9. The molecule has 86 valence electrons. The maximum Gasteiger partial charge on any atom is 0.258 e. The fourth-order valence-electron chi connectivity index (χ4n) is 1.68. The van der Waals surface area contributed by atoms with Crippen molar-refractivity contribution in [2.45, 2.75) is 6.10 Å². The van der Waals surface area contributed by atoms with E-state index in [9.17, 15) is 4.79 Å². The molecule has 0 aromatic heterocycles. The molecule has 1 amide bonds. The average Bonchev–Trinajstić information content (AvgIpc) is 2.31. The first-order chi connectivity index (χ1) is 7.74. The third kappa shape index (κ3) is 2.11. The summed E-state index contributed by atoms with van der Waals surface area (Å²) in [6, 6.07) is 7.51. The first kappa shape index (κ1) is 11.6. The third-order valence-electron chi connectivity index (χ3n) is 2.48. The number of carbonyl (C=O) groups is 1. The molecule has 0 saturated carbocycles. The summed E-state index contributed by atoms with van der Waals surface area (Å²) >= 11 is 3.40. The summed E-state index contributed by atoms with van der Waals surface area (Å²) in [6.45, 7) is 0.677. The maximum atomic E-state index is 11.9. The highest BCUT2D eigenvalue weighted by molar-refractivity contribution is 9.10. The van der Waals surface area contributed by atoms with Gasteiger partial charge in [-0.3, -0.25) is 4.79 Å². The van der Waals surface area contributed by atoms with Crippen LogP contribution in [-0.4, -0.2) is 36.9 Å². The molecule has 0 spiro atoms. The molecule has 1 fully saturated rings. The Bertz CT molecular complexity index is 397. The number of benzene rings is 1. The predicted molar refractivity (Wildman–Crippen MR) is 63.3 cm³/mol. The highest BCUT2D eigenvalue weighted by Gasteiger charge is 2.30. The summed E-state index contributed by atoms with van der Waals surface area (Å²) in [7, 11) is 0. The molecule has 1 N–H and O–H groups in total. The Morgan fingerprint density at radius 3 is 2.94 bits per heavy atom. The number of morpholine rings is 1. The third-order valence-corrected chi connectivity index (χ3v) is 3.16. The molecular formula is C11H12BrNO3. The number of hydrogen-bond donors (Lipinski definition) is 1. The van der Waals surface area contributed by atoms with Gasteiger partial charge < -0.3 is 14.7 Å². The number of hydrogen-bond acceptors (Lipinski definition) is 3. The van der Waals surface area contributed by atoms with Crippen LogP contribution in [0.3, 0.4) is 0 Å². The SMILES string of the molecule is O=C1C(CO)OCCN1c1ccccc1Br. The van der Waals surface area contributed by atoms with E-state index in [1.165, 1.54) is 0 Å². The van der Waals surface area contributed by atoms with Gasteiger partial charge in [0.15, 0.2) is 6.10 Å². The number of aliphatic hydroxyl groups is 1. The van der Waals surface area contributed by atoms with Crippen molar-refractivity contribution in [3.8, 4) is 0 Å². The van der Waals surface area contributed by atoms with E-state index in [4.69, 9.17) is 9.84 Å². The fourth-order valence-corrected chi connectivity index (χ4v) is 2.18. The second-order valence-electron chi connectivity index (χ2n) is 3.48. The van der Waals surface area contributed by atoms with Crippen molar-refractivity contribution in [1.82, 2.24) is 0 Å². The van der Waals surface area contributed by atoms with Gasteiger partial charge in [-0.2, -0.15) is 0 Å². The standard InChI is InChI=1S/C11H12BrNO3/c12-8-3-1-2-4-9(8)13-5-6-16-10(7-14)11(13)15/h1-4,10,14H,5-7H2. The van der Waals surface area contributed by atoms with Gasteiger partial charge in [-0.05, 0) is 28.1 Å². The van der Waals surface area contributed by atoms with E-state index in [0.717, 1.165) is 10.2 Å². The molecule has 0 bridgehead atoms. The van der Waals surface area contributed by atoms with E-state index in [2.05, 4.69) is 15.9 Å². The molecule has 0 aliphatic carbocycles. The Hall–Kier alpha value is -0.910. The Balaban J connectivity index is 2.27. The minimum absolute atomic E-state index is 0.194. The number of rotatable bonds is 2. The van der Waals surface area contributed by atoms with Crippen LogP contribution in [0.15, 0.2) is 28.7 Å². The van der Waals surface area contributed by atoms with Crippen molar-refractivity contribution < 1.29 is 14.6 Å². The number of ether oxygens (including phenoxy) is 1. The van der Waals surface area contributed by atoms with Crippen LogP contribution in [0.2, 0.25) is 0 Å². The Morgan fingerprint density at radius 1 is 1.50 bits per heavy atom. The smallest absolute Gasteiger partial charge is 0.258 e. The Kier molecular flexibility index (Phi) is 3.58. The van der Waals surface area contributed by atoms with E-state index >= 15 is 0 Å². The van der Waals surface area contributed by atoms with Gasteiger partial charge in [0.05, 0.1) is 18.9 Å². The molecule has 5 heteroatoms. The van der Waals surface area contributed by atoms with E-state index < -0.39 is 6.10 Å². The van der Waals surface area contributed by atoms with Crippen molar-refractivity contribution in [2.24, 2.45) is 0 Å². The van der Waals surface area contributed by atoms with Gasteiger partial charge in [0.25, 0.3) is 5.91 Å². The van der Waals surface area contributed by atoms with Crippen LogP contribution in [0.5, 0.6) is 0 Å². The Labute approximate surface area is 102 Å². The average molecular weight is 286 g/mol. The lowest BCUT2D eigenvalue weighted by molar-refractivity contribution is -0.136. The van der Waals surface area contributed by atoms with Crippen LogP contribution in [0, 0.1) is 0 Å². The summed E-state index contributed by atoms with van der Waals surface area (Å²) in [5, 5.41) is 9.01. The summed E-state index contributed by atoms with van der Waals surface area (Å²) < 4.78 is 6.04. The predicted octanol–water partition coefficient (Wildman–Crippen LogP) is 1.17. The number of nitrogens with zero attached hydrogens (tertiary/aromatic N) is 1. The molecule has 1 aromatic carbocycles. The van der Waals surface area contributed by atoms with Crippen LogP contribution in [0.25, 0.3) is 0 Å². The van der Waals surface area contributed by atoms with Crippen LogP contribution in [-0.2, 0) is 9.53 Å². The summed E-state index contributed by atoms with van der Waals surface area (Å²) in [6.07, 6.45) is -0.735. The molecule has 1 atom stereocenters. The molecule has 0 radical (unpaired) electrons. The number of aliphatic hydroxyl groups excluding tert-OH is 1. The van der Waals surface area contributed by atoms with Crippen molar-refractivity contribution in [3.05, 3.63) is 28.7 Å². The van der Waals surface area contributed by atoms with Crippen LogP contribution < -0.4 is 4.90 Å². The Morgan fingerprint density at radius 2 is 2.25 bits per heavy atom. The molecule has 2 rings (SSSR count). The maximum absolute atomic E-state index is 11.9.